The van der Waals surface area contributed by atoms with Crippen LogP contribution in [0, 0.1) is 0 Å². The first kappa shape index (κ1) is 36.1. The van der Waals surface area contributed by atoms with Crippen LogP contribution in [0.25, 0.3) is 10.8 Å². The molecule has 1 fully saturated rings. The first-order chi connectivity index (χ1) is 24.7. The lowest BCUT2D eigenvalue weighted by atomic mass is 9.99. The fourth-order valence-corrected chi connectivity index (χ4v) is 5.90. The number of aliphatic imine (C=N–C) groups is 1. The van der Waals surface area contributed by atoms with E-state index in [-0.39, 0.29) is 38.2 Å². The van der Waals surface area contributed by atoms with Crippen molar-refractivity contribution in [2.75, 3.05) is 11.9 Å². The van der Waals surface area contributed by atoms with Gasteiger partial charge in [-0.15, -0.1) is 0 Å². The molecule has 5 rings (SSSR count). The molecular formula is C38H42N8O5. The second kappa shape index (κ2) is 17.4. The van der Waals surface area contributed by atoms with Crippen molar-refractivity contribution >= 4 is 52.0 Å². The zero-order valence-corrected chi connectivity index (χ0v) is 28.0. The number of anilines is 1. The Labute approximate surface area is 295 Å². The third kappa shape index (κ3) is 10.1. The quantitative estimate of drug-likeness (QED) is 0.0748. The smallest absolute Gasteiger partial charge is 0.251 e. The molecule has 1 aliphatic heterocycles. The van der Waals surface area contributed by atoms with E-state index in [9.17, 15) is 24.0 Å². The number of nitrogens with zero attached hydrogens (tertiary/aromatic N) is 1. The highest BCUT2D eigenvalue weighted by molar-refractivity contribution is 6.05. The normalized spacial score (nSPS) is 19.6. The first-order valence-corrected chi connectivity index (χ1v) is 16.8. The van der Waals surface area contributed by atoms with E-state index in [1.54, 1.807) is 36.4 Å². The van der Waals surface area contributed by atoms with E-state index in [0.717, 1.165) is 16.3 Å². The average Bonchev–Trinajstić information content (AvgIpc) is 3.13. The number of fused-ring (bicyclic) bond motifs is 1. The summed E-state index contributed by atoms with van der Waals surface area (Å²) in [6.45, 7) is 0.208. The molecule has 4 atom stereocenters. The number of hydrogen-bond donors (Lipinski definition) is 7. The van der Waals surface area contributed by atoms with E-state index in [1.165, 1.54) is 0 Å². The first-order valence-electron chi connectivity index (χ1n) is 16.8. The zero-order valence-electron chi connectivity index (χ0n) is 28.0. The average molecular weight is 691 g/mol. The molecule has 9 N–H and O–H groups in total. The molecule has 0 spiro atoms. The summed E-state index contributed by atoms with van der Waals surface area (Å²) in [7, 11) is 0. The molecule has 13 heteroatoms. The van der Waals surface area contributed by atoms with Crippen molar-refractivity contribution in [3.8, 4) is 0 Å². The third-order valence-electron chi connectivity index (χ3n) is 8.58. The summed E-state index contributed by atoms with van der Waals surface area (Å²) in [6, 6.07) is 26.1. The Morgan fingerprint density at radius 3 is 2.12 bits per heavy atom. The summed E-state index contributed by atoms with van der Waals surface area (Å²) in [6.07, 6.45) is 0.553. The minimum absolute atomic E-state index is 0.0203. The van der Waals surface area contributed by atoms with Gasteiger partial charge in [-0.2, -0.15) is 0 Å². The van der Waals surface area contributed by atoms with Crippen molar-refractivity contribution in [1.29, 1.82) is 0 Å². The molecule has 13 nitrogen and oxygen atoms in total. The summed E-state index contributed by atoms with van der Waals surface area (Å²) in [4.78, 5) is 72.9. The number of nitrogens with one attached hydrogen (secondary N) is 5. The summed E-state index contributed by atoms with van der Waals surface area (Å²) in [5, 5.41) is 15.8. The fourth-order valence-electron chi connectivity index (χ4n) is 5.90. The Morgan fingerprint density at radius 1 is 0.725 bits per heavy atom. The standard InChI is InChI=1S/C38H42N8O5/c39-38(40)41-22-10-19-29-34(48)45-31(35(49)42-28-18-9-16-25-13-7-8-17-27(25)28)21-20-30(43-33(47)26-14-5-2-6-15-26)36(50)46-32(37(51)44-29)23-24-11-3-1-4-12-24/h1-9,11-18,29-32H,10,19-23H2,(H,42,49)(H,43,47)(H,44,51)(H,45,48)(H,46,50)(H4,39,40,41)/t29-,30-,31-,32+/m0/s1. The number of rotatable bonds is 10. The highest BCUT2D eigenvalue weighted by Gasteiger charge is 2.34. The van der Waals surface area contributed by atoms with Crippen LogP contribution in [0.3, 0.4) is 0 Å². The molecule has 4 aromatic rings. The zero-order chi connectivity index (χ0) is 36.2. The number of nitrogens with two attached hydrogens (primary N) is 2. The van der Waals surface area contributed by atoms with Crippen LogP contribution in [-0.2, 0) is 25.6 Å². The van der Waals surface area contributed by atoms with Crippen molar-refractivity contribution in [2.45, 2.75) is 56.3 Å². The van der Waals surface area contributed by atoms with Gasteiger partial charge in [-0.1, -0.05) is 84.9 Å². The van der Waals surface area contributed by atoms with Crippen LogP contribution >= 0.6 is 0 Å². The van der Waals surface area contributed by atoms with E-state index >= 15 is 0 Å². The van der Waals surface area contributed by atoms with Crippen LogP contribution in [0.1, 0.15) is 41.6 Å². The molecule has 0 aliphatic carbocycles. The number of hydrogen-bond acceptors (Lipinski definition) is 6. The molecule has 0 unspecified atom stereocenters. The Kier molecular flexibility index (Phi) is 12.3. The molecule has 0 radical (unpaired) electrons. The number of amides is 5. The van der Waals surface area contributed by atoms with Crippen LogP contribution in [-0.4, -0.2) is 66.2 Å². The largest absolute Gasteiger partial charge is 0.370 e. The third-order valence-corrected chi connectivity index (χ3v) is 8.58. The van der Waals surface area contributed by atoms with Crippen LogP contribution in [0.15, 0.2) is 108 Å². The van der Waals surface area contributed by atoms with Crippen molar-refractivity contribution in [1.82, 2.24) is 21.3 Å². The summed E-state index contributed by atoms with van der Waals surface area (Å²) in [5.74, 6) is -2.96. The number of guanidine groups is 1. The van der Waals surface area contributed by atoms with Crippen molar-refractivity contribution in [3.05, 3.63) is 114 Å². The van der Waals surface area contributed by atoms with Crippen molar-refractivity contribution < 1.29 is 24.0 Å². The molecule has 0 bridgehead atoms. The van der Waals surface area contributed by atoms with Crippen LogP contribution in [0.5, 0.6) is 0 Å². The Morgan fingerprint density at radius 2 is 1.37 bits per heavy atom. The van der Waals surface area contributed by atoms with Gasteiger partial charge >= 0.3 is 0 Å². The van der Waals surface area contributed by atoms with Gasteiger partial charge in [0.1, 0.15) is 24.2 Å². The summed E-state index contributed by atoms with van der Waals surface area (Å²) >= 11 is 0. The molecule has 264 valence electrons. The fraction of sp³-hybridized carbons (Fsp3) is 0.263. The molecule has 5 amide bonds. The number of carbonyl (C=O) groups is 5. The highest BCUT2D eigenvalue weighted by Crippen LogP contribution is 2.23. The lowest BCUT2D eigenvalue weighted by Crippen LogP contribution is -2.60. The predicted molar refractivity (Wildman–Crippen MR) is 195 cm³/mol. The topological polar surface area (TPSA) is 210 Å². The van der Waals surface area contributed by atoms with Crippen LogP contribution in [0.2, 0.25) is 0 Å². The monoisotopic (exact) mass is 690 g/mol. The van der Waals surface area contributed by atoms with E-state index in [4.69, 9.17) is 11.5 Å². The second-order valence-corrected chi connectivity index (χ2v) is 12.3. The maximum Gasteiger partial charge on any atom is 0.251 e. The summed E-state index contributed by atoms with van der Waals surface area (Å²) in [5.41, 5.74) is 12.6. The molecule has 51 heavy (non-hydrogen) atoms. The molecule has 1 saturated heterocycles. The molecule has 1 aliphatic rings. The molecule has 1 heterocycles. The number of benzene rings is 4. The lowest BCUT2D eigenvalue weighted by Gasteiger charge is -2.29. The maximum absolute atomic E-state index is 13.9. The van der Waals surface area contributed by atoms with Gasteiger partial charge in [-0.3, -0.25) is 29.0 Å². The predicted octanol–water partition coefficient (Wildman–Crippen LogP) is 2.12. The van der Waals surface area contributed by atoms with Crippen LogP contribution in [0.4, 0.5) is 5.69 Å². The lowest BCUT2D eigenvalue weighted by molar-refractivity contribution is -0.134. The summed E-state index contributed by atoms with van der Waals surface area (Å²) < 4.78 is 0. The minimum atomic E-state index is -1.15. The van der Waals surface area contributed by atoms with Gasteiger partial charge in [-0.05, 0) is 54.8 Å². The molecule has 4 aromatic carbocycles. The Balaban J connectivity index is 1.46. The van der Waals surface area contributed by atoms with Gasteiger partial charge < -0.3 is 38.1 Å². The van der Waals surface area contributed by atoms with E-state index in [2.05, 4.69) is 31.6 Å². The van der Waals surface area contributed by atoms with Gasteiger partial charge in [-0.25, -0.2) is 0 Å². The minimum Gasteiger partial charge on any atom is -0.370 e. The number of carbonyl (C=O) groups excluding carboxylic acids is 5. The van der Waals surface area contributed by atoms with E-state index in [0.29, 0.717) is 17.7 Å². The highest BCUT2D eigenvalue weighted by atomic mass is 16.2. The van der Waals surface area contributed by atoms with Gasteiger partial charge in [0.15, 0.2) is 5.96 Å². The second-order valence-electron chi connectivity index (χ2n) is 12.3. The Hall–Kier alpha value is -6.24. The Bertz CT molecular complexity index is 1880. The maximum atomic E-state index is 13.9. The van der Waals surface area contributed by atoms with E-state index in [1.807, 2.05) is 66.7 Å². The molecule has 0 saturated carbocycles. The van der Waals surface area contributed by atoms with Crippen molar-refractivity contribution in [2.24, 2.45) is 16.5 Å². The van der Waals surface area contributed by atoms with Crippen molar-refractivity contribution in [3.63, 3.8) is 0 Å². The molecule has 0 aromatic heterocycles. The van der Waals surface area contributed by atoms with Gasteiger partial charge in [0.2, 0.25) is 23.6 Å². The van der Waals surface area contributed by atoms with E-state index < -0.39 is 53.7 Å². The SMILES string of the molecule is NC(N)=NCCC[C@@H]1NC(=O)[C@@H](Cc2ccccc2)NC(=O)[C@@H](NC(=O)c2ccccc2)CC[C@@H](C(=O)Nc2cccc3ccccc23)NC1=O. The van der Waals surface area contributed by atoms with Crippen LogP contribution < -0.4 is 38.1 Å². The van der Waals surface area contributed by atoms with Gasteiger partial charge in [0.05, 0.1) is 0 Å². The van der Waals surface area contributed by atoms with Gasteiger partial charge in [0, 0.05) is 29.6 Å². The molecular weight excluding hydrogens is 648 g/mol. The van der Waals surface area contributed by atoms with Gasteiger partial charge in [0.25, 0.3) is 5.91 Å².